The molecule has 0 N–H and O–H groups in total. The van der Waals surface area contributed by atoms with Crippen molar-refractivity contribution < 1.29 is 13.9 Å². The summed E-state index contributed by atoms with van der Waals surface area (Å²) in [5, 5.41) is 0. The molecular formula is C17H21FO2. The number of methoxy groups -OCH3 is 1. The highest BCUT2D eigenvalue weighted by atomic mass is 19.1. The zero-order chi connectivity index (χ0) is 14.8. The van der Waals surface area contributed by atoms with Gasteiger partial charge in [-0.15, -0.1) is 0 Å². The van der Waals surface area contributed by atoms with Gasteiger partial charge in [-0.1, -0.05) is 23.8 Å². The molecule has 108 valence electrons. The summed E-state index contributed by atoms with van der Waals surface area (Å²) in [6.45, 7) is 3.81. The summed E-state index contributed by atoms with van der Waals surface area (Å²) in [6.07, 6.45) is 5.16. The largest absolute Gasteiger partial charge is 0.468 e. The second-order valence-electron chi connectivity index (χ2n) is 5.58. The van der Waals surface area contributed by atoms with Crippen LogP contribution in [0.5, 0.6) is 0 Å². The Morgan fingerprint density at radius 3 is 2.75 bits per heavy atom. The summed E-state index contributed by atoms with van der Waals surface area (Å²) in [5.74, 6) is -0.519. The smallest absolute Gasteiger partial charge is 0.316 e. The van der Waals surface area contributed by atoms with E-state index >= 15 is 0 Å². The summed E-state index contributed by atoms with van der Waals surface area (Å²) >= 11 is 0. The number of esters is 1. The molecule has 0 amide bonds. The fourth-order valence-corrected chi connectivity index (χ4v) is 3.11. The lowest BCUT2D eigenvalue weighted by Crippen LogP contribution is -2.37. The number of benzene rings is 1. The van der Waals surface area contributed by atoms with Crippen molar-refractivity contribution in [2.45, 2.75) is 44.9 Å². The number of halogens is 1. The van der Waals surface area contributed by atoms with Crippen LogP contribution in [0.1, 0.15) is 43.7 Å². The van der Waals surface area contributed by atoms with E-state index in [-0.39, 0.29) is 11.8 Å². The van der Waals surface area contributed by atoms with Crippen molar-refractivity contribution in [2.75, 3.05) is 7.11 Å². The maximum Gasteiger partial charge on any atom is 0.316 e. The van der Waals surface area contributed by atoms with Crippen LogP contribution in [0.25, 0.3) is 0 Å². The van der Waals surface area contributed by atoms with E-state index in [2.05, 4.69) is 13.0 Å². The van der Waals surface area contributed by atoms with Crippen molar-refractivity contribution in [1.29, 1.82) is 0 Å². The van der Waals surface area contributed by atoms with Gasteiger partial charge in [0.1, 0.15) is 5.82 Å². The number of carbonyl (C=O) groups excluding carboxylic acids is 1. The molecule has 0 saturated heterocycles. The number of rotatable bonds is 2. The van der Waals surface area contributed by atoms with Crippen LogP contribution in [-0.4, -0.2) is 13.1 Å². The molecular weight excluding hydrogens is 255 g/mol. The van der Waals surface area contributed by atoms with Gasteiger partial charge in [-0.2, -0.15) is 0 Å². The second-order valence-corrected chi connectivity index (χ2v) is 5.58. The molecule has 2 nitrogen and oxygen atoms in total. The van der Waals surface area contributed by atoms with Gasteiger partial charge in [0.25, 0.3) is 0 Å². The van der Waals surface area contributed by atoms with Crippen LogP contribution < -0.4 is 0 Å². The van der Waals surface area contributed by atoms with Gasteiger partial charge in [0, 0.05) is 0 Å². The summed E-state index contributed by atoms with van der Waals surface area (Å²) in [6, 6.07) is 4.97. The average molecular weight is 276 g/mol. The van der Waals surface area contributed by atoms with Crippen LogP contribution in [0.4, 0.5) is 4.39 Å². The Morgan fingerprint density at radius 1 is 1.30 bits per heavy atom. The molecule has 3 heteroatoms. The molecule has 0 saturated carbocycles. The third kappa shape index (κ3) is 2.49. The topological polar surface area (TPSA) is 26.3 Å². The quantitative estimate of drug-likeness (QED) is 0.601. The van der Waals surface area contributed by atoms with Gasteiger partial charge in [-0.05, 0) is 56.7 Å². The lowest BCUT2D eigenvalue weighted by atomic mass is 9.72. The Balaban J connectivity index is 2.53. The van der Waals surface area contributed by atoms with Crippen molar-refractivity contribution in [3.63, 3.8) is 0 Å². The monoisotopic (exact) mass is 276 g/mol. The third-order valence-electron chi connectivity index (χ3n) is 4.37. The van der Waals surface area contributed by atoms with Crippen LogP contribution in [0.2, 0.25) is 0 Å². The van der Waals surface area contributed by atoms with E-state index in [4.69, 9.17) is 4.74 Å². The highest BCUT2D eigenvalue weighted by molar-refractivity contribution is 5.84. The van der Waals surface area contributed by atoms with E-state index < -0.39 is 5.41 Å². The highest BCUT2D eigenvalue weighted by Gasteiger charge is 2.42. The molecule has 1 unspecified atom stereocenters. The fourth-order valence-electron chi connectivity index (χ4n) is 3.11. The van der Waals surface area contributed by atoms with E-state index in [1.54, 1.807) is 13.0 Å². The molecule has 0 fully saturated rings. The Bertz CT molecular complexity index is 548. The molecule has 0 heterocycles. The molecule has 0 radical (unpaired) electrons. The molecule has 0 aromatic heterocycles. The fraction of sp³-hybridized carbons (Fsp3) is 0.471. The van der Waals surface area contributed by atoms with Crippen LogP contribution in [0, 0.1) is 12.7 Å². The summed E-state index contributed by atoms with van der Waals surface area (Å²) in [7, 11) is 1.41. The van der Waals surface area contributed by atoms with Crippen LogP contribution in [0.15, 0.2) is 29.8 Å². The van der Waals surface area contributed by atoms with Gasteiger partial charge < -0.3 is 4.74 Å². The molecule has 0 aliphatic heterocycles. The minimum atomic E-state index is -0.727. The van der Waals surface area contributed by atoms with Gasteiger partial charge in [0.2, 0.25) is 0 Å². The van der Waals surface area contributed by atoms with Crippen LogP contribution >= 0.6 is 0 Å². The maximum absolute atomic E-state index is 13.9. The highest BCUT2D eigenvalue weighted by Crippen LogP contribution is 2.41. The first-order valence-electron chi connectivity index (χ1n) is 7.01. The molecule has 1 aromatic carbocycles. The Hall–Kier alpha value is -1.64. The van der Waals surface area contributed by atoms with Crippen molar-refractivity contribution in [3.8, 4) is 0 Å². The molecule has 20 heavy (non-hydrogen) atoms. The van der Waals surface area contributed by atoms with Crippen LogP contribution in [0.3, 0.4) is 0 Å². The maximum atomic E-state index is 13.9. The molecule has 0 bridgehead atoms. The average Bonchev–Trinajstić information content (AvgIpc) is 2.64. The normalized spacial score (nSPS) is 22.9. The zero-order valence-corrected chi connectivity index (χ0v) is 12.3. The Labute approximate surface area is 119 Å². The Morgan fingerprint density at radius 2 is 2.05 bits per heavy atom. The van der Waals surface area contributed by atoms with Gasteiger partial charge in [0.15, 0.2) is 0 Å². The van der Waals surface area contributed by atoms with Crippen molar-refractivity contribution in [1.82, 2.24) is 0 Å². The number of hydrogen-bond acceptors (Lipinski definition) is 2. The number of ether oxygens (including phenoxy) is 1. The van der Waals surface area contributed by atoms with E-state index in [9.17, 15) is 9.18 Å². The number of allylic oxidation sites excluding steroid dienone is 2. The van der Waals surface area contributed by atoms with Crippen molar-refractivity contribution in [3.05, 3.63) is 46.8 Å². The number of hydrogen-bond donors (Lipinski definition) is 0. The van der Waals surface area contributed by atoms with Gasteiger partial charge in [0.05, 0.1) is 12.5 Å². The SMILES string of the molecule is COC(=O)C1(c2cccc(F)c2C)CCC=C(C)CC1. The molecule has 0 spiro atoms. The van der Waals surface area contributed by atoms with E-state index in [0.717, 1.165) is 18.4 Å². The predicted molar refractivity (Wildman–Crippen MR) is 77.1 cm³/mol. The minimum Gasteiger partial charge on any atom is -0.468 e. The molecule has 1 aromatic rings. The van der Waals surface area contributed by atoms with E-state index in [1.165, 1.54) is 18.7 Å². The Kier molecular flexibility index (Phi) is 4.26. The second kappa shape index (κ2) is 5.78. The summed E-state index contributed by atoms with van der Waals surface area (Å²) in [5.41, 5.74) is 1.88. The molecule has 1 aliphatic carbocycles. The third-order valence-corrected chi connectivity index (χ3v) is 4.37. The first kappa shape index (κ1) is 14.8. The molecule has 2 rings (SSSR count). The summed E-state index contributed by atoms with van der Waals surface area (Å²) < 4.78 is 18.9. The van der Waals surface area contributed by atoms with Gasteiger partial charge in [-0.25, -0.2) is 4.39 Å². The molecule has 1 atom stereocenters. The van der Waals surface area contributed by atoms with Gasteiger partial charge in [-0.3, -0.25) is 4.79 Å². The van der Waals surface area contributed by atoms with Crippen molar-refractivity contribution >= 4 is 5.97 Å². The minimum absolute atomic E-state index is 0.255. The standard InChI is InChI=1S/C17H21FO2/c1-12-6-5-10-17(11-9-12,16(19)20-3)14-7-4-8-15(18)13(14)2/h4,6-8H,5,9-11H2,1-3H3. The first-order valence-corrected chi connectivity index (χ1v) is 7.01. The van der Waals surface area contributed by atoms with Crippen LogP contribution in [-0.2, 0) is 14.9 Å². The van der Waals surface area contributed by atoms with Gasteiger partial charge >= 0.3 is 5.97 Å². The van der Waals surface area contributed by atoms with E-state index in [0.29, 0.717) is 18.4 Å². The van der Waals surface area contributed by atoms with Crippen molar-refractivity contribution in [2.24, 2.45) is 0 Å². The summed E-state index contributed by atoms with van der Waals surface area (Å²) in [4.78, 5) is 12.4. The molecule has 1 aliphatic rings. The lowest BCUT2D eigenvalue weighted by Gasteiger charge is -2.32. The zero-order valence-electron chi connectivity index (χ0n) is 12.3. The van der Waals surface area contributed by atoms with E-state index in [1.807, 2.05) is 6.07 Å². The first-order chi connectivity index (χ1) is 9.51. The predicted octanol–water partition coefficient (Wildman–Crippen LogP) is 4.07. The lowest BCUT2D eigenvalue weighted by molar-refractivity contribution is -0.148. The number of carbonyl (C=O) groups is 1.